The first-order chi connectivity index (χ1) is 13.8. The summed E-state index contributed by atoms with van der Waals surface area (Å²) in [6.07, 6.45) is 13.0. The second-order valence-electron chi connectivity index (χ2n) is 13.3. The summed E-state index contributed by atoms with van der Waals surface area (Å²) in [6, 6.07) is 0. The third kappa shape index (κ3) is 3.41. The summed E-state index contributed by atoms with van der Waals surface area (Å²) >= 11 is 0. The van der Waals surface area contributed by atoms with Crippen LogP contribution in [0, 0.1) is 34.5 Å². The standard InChI is InChI=1S/C27H46O2Si/c1-18(28)22-11-12-23-21-10-9-19-17-20(29-30(7,8)25(2,3)4)13-15-26(19,5)24(21)14-16-27(22,23)6/h9,20-24H,10-17H2,1-8H3/t20-,21-,22+,23-,24-,26-,27+/m0/s1/i1+2. The third-order valence-electron chi connectivity index (χ3n) is 10.8. The van der Waals surface area contributed by atoms with E-state index < -0.39 is 8.32 Å². The summed E-state index contributed by atoms with van der Waals surface area (Å²) in [5, 5.41) is 0.281. The van der Waals surface area contributed by atoms with Crippen LogP contribution in [0.1, 0.15) is 92.9 Å². The summed E-state index contributed by atoms with van der Waals surface area (Å²) in [4.78, 5) is 12.4. The van der Waals surface area contributed by atoms with Crippen LogP contribution in [0.5, 0.6) is 0 Å². The van der Waals surface area contributed by atoms with E-state index >= 15 is 0 Å². The SMILES string of the molecule is CC(C)(C)[Si](C)(C)O[C@H]1CC[C@@]2(C)C(=CC[C@H]3[C@@H]4CC[C@H](C([14CH3])=O)[C@@]4(C)CC[C@@H]32)C1. The van der Waals surface area contributed by atoms with Crippen molar-refractivity contribution in [3.8, 4) is 0 Å². The Bertz CT molecular complexity index is 732. The van der Waals surface area contributed by atoms with E-state index in [1.807, 2.05) is 6.92 Å². The molecule has 0 N–H and O–H groups in total. The largest absolute Gasteiger partial charge is 0.414 e. The Hall–Kier alpha value is -0.413. The first-order valence-corrected chi connectivity index (χ1v) is 15.6. The maximum atomic E-state index is 12.4. The third-order valence-corrected chi connectivity index (χ3v) is 15.4. The minimum absolute atomic E-state index is 0.261. The minimum atomic E-state index is -1.71. The Labute approximate surface area is 186 Å². The first-order valence-electron chi connectivity index (χ1n) is 12.7. The molecule has 0 aromatic heterocycles. The van der Waals surface area contributed by atoms with Gasteiger partial charge in [-0.05, 0) is 105 Å². The molecule has 0 heterocycles. The van der Waals surface area contributed by atoms with E-state index in [2.05, 4.69) is 53.8 Å². The molecule has 3 saturated carbocycles. The second kappa shape index (κ2) is 7.30. The van der Waals surface area contributed by atoms with Crippen LogP contribution in [-0.4, -0.2) is 20.2 Å². The summed E-state index contributed by atoms with van der Waals surface area (Å²) in [5.41, 5.74) is 2.34. The van der Waals surface area contributed by atoms with E-state index in [1.165, 1.54) is 38.5 Å². The van der Waals surface area contributed by atoms with Gasteiger partial charge in [-0.15, -0.1) is 0 Å². The first kappa shape index (κ1) is 22.8. The molecule has 2 nitrogen and oxygen atoms in total. The molecule has 0 aromatic carbocycles. The molecule has 0 bridgehead atoms. The fraction of sp³-hybridized carbons (Fsp3) is 0.889. The molecule has 0 amide bonds. The highest BCUT2D eigenvalue weighted by molar-refractivity contribution is 6.74. The fourth-order valence-electron chi connectivity index (χ4n) is 7.99. The molecule has 0 radical (unpaired) electrons. The summed E-state index contributed by atoms with van der Waals surface area (Å²) in [7, 11) is -1.71. The van der Waals surface area contributed by atoms with Gasteiger partial charge >= 0.3 is 0 Å². The van der Waals surface area contributed by atoms with Crippen molar-refractivity contribution in [1.29, 1.82) is 0 Å². The zero-order chi connectivity index (χ0) is 22.1. The lowest BCUT2D eigenvalue weighted by Crippen LogP contribution is -2.52. The molecule has 4 aliphatic carbocycles. The van der Waals surface area contributed by atoms with E-state index in [1.54, 1.807) is 5.57 Å². The van der Waals surface area contributed by atoms with Crippen molar-refractivity contribution in [2.24, 2.45) is 34.5 Å². The van der Waals surface area contributed by atoms with Gasteiger partial charge in [-0.25, -0.2) is 0 Å². The zero-order valence-corrected chi connectivity index (χ0v) is 21.9. The van der Waals surface area contributed by atoms with E-state index in [9.17, 15) is 4.79 Å². The Balaban J connectivity index is 1.53. The number of hydrogen-bond acceptors (Lipinski definition) is 2. The molecule has 4 rings (SSSR count). The van der Waals surface area contributed by atoms with Gasteiger partial charge in [-0.2, -0.15) is 0 Å². The van der Waals surface area contributed by atoms with Crippen molar-refractivity contribution >= 4 is 14.1 Å². The van der Waals surface area contributed by atoms with Crippen molar-refractivity contribution in [3.05, 3.63) is 11.6 Å². The van der Waals surface area contributed by atoms with Crippen molar-refractivity contribution in [2.75, 3.05) is 0 Å². The Morgan fingerprint density at radius 1 is 1.10 bits per heavy atom. The van der Waals surface area contributed by atoms with Gasteiger partial charge in [0.2, 0.25) is 0 Å². The predicted octanol–water partition coefficient (Wildman–Crippen LogP) is 7.54. The molecule has 0 aliphatic heterocycles. The number of Topliss-reactive ketones (excluding diaryl/α,β-unsaturated/α-hetero) is 1. The van der Waals surface area contributed by atoms with Crippen molar-refractivity contribution in [3.63, 3.8) is 0 Å². The van der Waals surface area contributed by atoms with Gasteiger partial charge in [0.05, 0.1) is 0 Å². The Kier molecular flexibility index (Phi) is 5.54. The second-order valence-corrected chi connectivity index (χ2v) is 18.0. The van der Waals surface area contributed by atoms with Crippen LogP contribution in [0.3, 0.4) is 0 Å². The molecule has 0 saturated heterocycles. The lowest BCUT2D eigenvalue weighted by atomic mass is 9.47. The van der Waals surface area contributed by atoms with E-state index in [0.29, 0.717) is 23.2 Å². The molecule has 0 spiro atoms. The van der Waals surface area contributed by atoms with Crippen LogP contribution in [0.4, 0.5) is 0 Å². The van der Waals surface area contributed by atoms with Gasteiger partial charge in [0.15, 0.2) is 8.32 Å². The van der Waals surface area contributed by atoms with E-state index in [4.69, 9.17) is 4.43 Å². The molecular weight excluding hydrogens is 386 g/mol. The van der Waals surface area contributed by atoms with Crippen LogP contribution < -0.4 is 0 Å². The summed E-state index contributed by atoms with van der Waals surface area (Å²) < 4.78 is 6.86. The van der Waals surface area contributed by atoms with Crippen molar-refractivity contribution < 1.29 is 9.22 Å². The number of ketones is 1. The van der Waals surface area contributed by atoms with Gasteiger partial charge in [0.1, 0.15) is 5.78 Å². The molecule has 30 heavy (non-hydrogen) atoms. The molecule has 170 valence electrons. The molecular formula is C27H46O2Si. The molecule has 0 aromatic rings. The monoisotopic (exact) mass is 432 g/mol. The minimum Gasteiger partial charge on any atom is -0.414 e. The maximum absolute atomic E-state index is 12.4. The molecule has 3 fully saturated rings. The summed E-state index contributed by atoms with van der Waals surface area (Å²) in [5.74, 6) is 3.12. The average Bonchev–Trinajstić information content (AvgIpc) is 2.98. The van der Waals surface area contributed by atoms with Gasteiger partial charge in [0.25, 0.3) is 0 Å². The fourth-order valence-corrected chi connectivity index (χ4v) is 9.38. The van der Waals surface area contributed by atoms with E-state index in [-0.39, 0.29) is 10.5 Å². The van der Waals surface area contributed by atoms with Crippen LogP contribution in [0.2, 0.25) is 18.1 Å². The average molecular weight is 433 g/mol. The topological polar surface area (TPSA) is 26.3 Å². The highest BCUT2D eigenvalue weighted by atomic mass is 28.4. The smallest absolute Gasteiger partial charge is 0.192 e. The predicted molar refractivity (Wildman–Crippen MR) is 128 cm³/mol. The van der Waals surface area contributed by atoms with Crippen LogP contribution in [-0.2, 0) is 9.22 Å². The lowest BCUT2D eigenvalue weighted by molar-refractivity contribution is -0.127. The van der Waals surface area contributed by atoms with Gasteiger partial charge in [-0.3, -0.25) is 4.79 Å². The van der Waals surface area contributed by atoms with Crippen LogP contribution in [0.15, 0.2) is 11.6 Å². The van der Waals surface area contributed by atoms with Crippen molar-refractivity contribution in [2.45, 2.75) is 117 Å². The normalized spacial score (nSPS) is 44.0. The number of hydrogen-bond donors (Lipinski definition) is 0. The lowest BCUT2D eigenvalue weighted by Gasteiger charge is -2.58. The Morgan fingerprint density at radius 3 is 2.43 bits per heavy atom. The Morgan fingerprint density at radius 2 is 1.80 bits per heavy atom. The number of fused-ring (bicyclic) bond motifs is 5. The molecule has 4 aliphatic rings. The maximum Gasteiger partial charge on any atom is 0.192 e. The quantitative estimate of drug-likeness (QED) is 0.340. The summed E-state index contributed by atoms with van der Waals surface area (Å²) in [6.45, 7) is 18.7. The van der Waals surface area contributed by atoms with Gasteiger partial charge in [-0.1, -0.05) is 46.3 Å². The molecule has 3 heteroatoms. The highest BCUT2D eigenvalue weighted by Gasteiger charge is 2.59. The highest BCUT2D eigenvalue weighted by Crippen LogP contribution is 2.66. The van der Waals surface area contributed by atoms with Gasteiger partial charge < -0.3 is 4.43 Å². The van der Waals surface area contributed by atoms with E-state index in [0.717, 1.165) is 30.6 Å². The number of rotatable bonds is 3. The number of allylic oxidation sites excluding steroid dienone is 1. The number of carbonyl (C=O) groups excluding carboxylic acids is 1. The zero-order valence-electron chi connectivity index (χ0n) is 20.9. The van der Waals surface area contributed by atoms with Crippen molar-refractivity contribution in [1.82, 2.24) is 0 Å². The number of carbonyl (C=O) groups is 1. The van der Waals surface area contributed by atoms with Gasteiger partial charge in [0, 0.05) is 12.0 Å². The molecule has 7 atom stereocenters. The van der Waals surface area contributed by atoms with Crippen LogP contribution >= 0.6 is 0 Å². The molecule has 0 unspecified atom stereocenters. The van der Waals surface area contributed by atoms with Crippen LogP contribution in [0.25, 0.3) is 0 Å².